The molecular weight excluding hydrogens is 260 g/mol. The fraction of sp³-hybridized carbons (Fsp3) is 0.400. The molecule has 2 atom stereocenters. The van der Waals surface area contributed by atoms with Gasteiger partial charge in [-0.05, 0) is 30.5 Å². The van der Waals surface area contributed by atoms with Crippen molar-refractivity contribution in [1.29, 1.82) is 0 Å². The highest BCUT2D eigenvalue weighted by atomic mass is 16.7. The van der Waals surface area contributed by atoms with E-state index >= 15 is 0 Å². The van der Waals surface area contributed by atoms with Gasteiger partial charge in [0.15, 0.2) is 5.76 Å². The molecule has 2 heterocycles. The summed E-state index contributed by atoms with van der Waals surface area (Å²) in [4.78, 5) is 11.6. The van der Waals surface area contributed by atoms with Crippen molar-refractivity contribution in [3.8, 4) is 11.5 Å². The zero-order chi connectivity index (χ0) is 14.5. The Hall–Kier alpha value is -2.17. The number of phenolic OH excluding ortho intramolecular Hbond substituents is 1. The van der Waals surface area contributed by atoms with E-state index in [-0.39, 0.29) is 11.7 Å². The molecule has 0 bridgehead atoms. The van der Waals surface area contributed by atoms with Crippen LogP contribution in [0, 0.1) is 12.8 Å². The van der Waals surface area contributed by atoms with Gasteiger partial charge in [-0.2, -0.15) is 0 Å². The molecule has 2 aliphatic heterocycles. The first kappa shape index (κ1) is 12.8. The van der Waals surface area contributed by atoms with E-state index in [4.69, 9.17) is 14.2 Å². The molecule has 2 aliphatic rings. The fourth-order valence-corrected chi connectivity index (χ4v) is 2.88. The Balaban J connectivity index is 2.09. The second kappa shape index (κ2) is 4.16. The summed E-state index contributed by atoms with van der Waals surface area (Å²) in [5.74, 6) is -0.776. The van der Waals surface area contributed by atoms with Gasteiger partial charge in [0.05, 0.1) is 13.2 Å². The lowest BCUT2D eigenvalue weighted by molar-refractivity contribution is -0.201. The summed E-state index contributed by atoms with van der Waals surface area (Å²) in [5, 5.41) is 9.71. The Morgan fingerprint density at radius 3 is 2.85 bits per heavy atom. The summed E-state index contributed by atoms with van der Waals surface area (Å²) in [6.07, 6.45) is 1.98. The molecule has 0 amide bonds. The molecule has 5 nitrogen and oxygen atoms in total. The molecule has 1 aromatic rings. The number of benzene rings is 1. The number of rotatable bonds is 1. The molecule has 0 saturated heterocycles. The lowest BCUT2D eigenvalue weighted by atomic mass is 9.86. The summed E-state index contributed by atoms with van der Waals surface area (Å²) >= 11 is 0. The molecule has 0 radical (unpaired) electrons. The minimum atomic E-state index is -1.22. The van der Waals surface area contributed by atoms with E-state index < -0.39 is 11.8 Å². The van der Waals surface area contributed by atoms with E-state index in [1.165, 1.54) is 19.3 Å². The van der Waals surface area contributed by atoms with Gasteiger partial charge in [-0.15, -0.1) is 0 Å². The Labute approximate surface area is 116 Å². The number of phenols is 1. The number of aryl methyl sites for hydroxylation is 1. The molecule has 1 N–H and O–H groups in total. The zero-order valence-electron chi connectivity index (χ0n) is 11.6. The van der Waals surface area contributed by atoms with Crippen molar-refractivity contribution in [1.82, 2.24) is 0 Å². The normalized spacial score (nSPS) is 27.6. The predicted octanol–water partition coefficient (Wildman–Crippen LogP) is 2.06. The lowest BCUT2D eigenvalue weighted by Gasteiger charge is -2.40. The second-order valence-electron chi connectivity index (χ2n) is 5.25. The van der Waals surface area contributed by atoms with Crippen LogP contribution in [0.3, 0.4) is 0 Å². The van der Waals surface area contributed by atoms with Gasteiger partial charge in [0.2, 0.25) is 0 Å². The van der Waals surface area contributed by atoms with Crippen LogP contribution in [0.1, 0.15) is 18.1 Å². The average molecular weight is 276 g/mol. The molecule has 0 fully saturated rings. The van der Waals surface area contributed by atoms with Crippen LogP contribution in [0.5, 0.6) is 11.5 Å². The topological polar surface area (TPSA) is 65.0 Å². The second-order valence-corrected chi connectivity index (χ2v) is 5.25. The highest BCUT2D eigenvalue weighted by Gasteiger charge is 2.54. The van der Waals surface area contributed by atoms with Crippen LogP contribution in [0.25, 0.3) is 0 Å². The molecule has 106 valence electrons. The first-order valence-corrected chi connectivity index (χ1v) is 6.47. The summed E-state index contributed by atoms with van der Waals surface area (Å²) in [6.45, 7) is 3.86. The van der Waals surface area contributed by atoms with Crippen molar-refractivity contribution in [3.05, 3.63) is 35.1 Å². The molecule has 1 aromatic carbocycles. The molecule has 0 unspecified atom stereocenters. The quantitative estimate of drug-likeness (QED) is 0.795. The number of hydrogen-bond acceptors (Lipinski definition) is 5. The van der Waals surface area contributed by atoms with Gasteiger partial charge < -0.3 is 19.3 Å². The Kier molecular flexibility index (Phi) is 2.67. The summed E-state index contributed by atoms with van der Waals surface area (Å²) < 4.78 is 16.6. The first-order valence-electron chi connectivity index (χ1n) is 6.47. The van der Waals surface area contributed by atoms with Crippen molar-refractivity contribution in [2.75, 3.05) is 7.11 Å². The third-order valence-electron chi connectivity index (χ3n) is 3.90. The number of fused-ring (bicyclic) bond motifs is 1. The monoisotopic (exact) mass is 276 g/mol. The van der Waals surface area contributed by atoms with Gasteiger partial charge in [0.25, 0.3) is 0 Å². The van der Waals surface area contributed by atoms with Gasteiger partial charge in [-0.25, -0.2) is 4.79 Å². The number of methoxy groups -OCH3 is 1. The highest BCUT2D eigenvalue weighted by Crippen LogP contribution is 2.46. The average Bonchev–Trinajstić information content (AvgIpc) is 2.69. The lowest BCUT2D eigenvalue weighted by Crippen LogP contribution is -2.49. The van der Waals surface area contributed by atoms with Crippen LogP contribution in [0.2, 0.25) is 0 Å². The van der Waals surface area contributed by atoms with Crippen molar-refractivity contribution >= 4 is 5.97 Å². The Morgan fingerprint density at radius 2 is 2.15 bits per heavy atom. The molecule has 0 aromatic heterocycles. The van der Waals surface area contributed by atoms with E-state index in [9.17, 15) is 9.90 Å². The van der Waals surface area contributed by atoms with Gasteiger partial charge in [0, 0.05) is 12.0 Å². The van der Waals surface area contributed by atoms with Gasteiger partial charge in [-0.3, -0.25) is 0 Å². The number of carbonyl (C=O) groups excluding carboxylic acids is 1. The fourth-order valence-electron chi connectivity index (χ4n) is 2.88. The SMILES string of the molecule is COC1=CC(=O)O[C@@]12Oc1cc(O)cc(C)c1C[C@@H]2C. The van der Waals surface area contributed by atoms with E-state index in [0.717, 1.165) is 11.1 Å². The predicted molar refractivity (Wildman–Crippen MR) is 70.3 cm³/mol. The van der Waals surface area contributed by atoms with Crippen molar-refractivity contribution in [2.24, 2.45) is 5.92 Å². The Morgan fingerprint density at radius 1 is 1.40 bits per heavy atom. The number of carbonyl (C=O) groups is 1. The van der Waals surface area contributed by atoms with E-state index in [2.05, 4.69) is 0 Å². The van der Waals surface area contributed by atoms with Crippen LogP contribution in [-0.4, -0.2) is 24.0 Å². The van der Waals surface area contributed by atoms with Crippen molar-refractivity contribution in [3.63, 3.8) is 0 Å². The molecule has 0 saturated carbocycles. The number of aromatic hydroxyl groups is 1. The third kappa shape index (κ3) is 1.66. The number of hydrogen-bond donors (Lipinski definition) is 1. The van der Waals surface area contributed by atoms with Crippen LogP contribution < -0.4 is 4.74 Å². The maximum Gasteiger partial charge on any atom is 0.338 e. The molecule has 1 spiro atoms. The number of ether oxygens (including phenoxy) is 3. The van der Waals surface area contributed by atoms with E-state index in [1.54, 1.807) is 6.07 Å². The summed E-state index contributed by atoms with van der Waals surface area (Å²) in [7, 11) is 1.48. The highest BCUT2D eigenvalue weighted by molar-refractivity contribution is 5.86. The summed E-state index contributed by atoms with van der Waals surface area (Å²) in [5.41, 5.74) is 1.97. The molecular formula is C15H16O5. The van der Waals surface area contributed by atoms with Crippen molar-refractivity contribution < 1.29 is 24.1 Å². The van der Waals surface area contributed by atoms with Crippen LogP contribution >= 0.6 is 0 Å². The summed E-state index contributed by atoms with van der Waals surface area (Å²) in [6, 6.07) is 3.23. The largest absolute Gasteiger partial charge is 0.508 e. The molecule has 20 heavy (non-hydrogen) atoms. The smallest absolute Gasteiger partial charge is 0.338 e. The van der Waals surface area contributed by atoms with Gasteiger partial charge in [-0.1, -0.05) is 6.92 Å². The molecule has 3 rings (SSSR count). The van der Waals surface area contributed by atoms with Gasteiger partial charge in [0.1, 0.15) is 11.5 Å². The van der Waals surface area contributed by atoms with E-state index in [0.29, 0.717) is 17.9 Å². The standard InChI is InChI=1S/C15H16O5/c1-8-4-10(16)6-12-11(8)5-9(2)15(19-12)13(18-3)7-14(17)20-15/h4,6-7,9,16H,5H2,1-3H3/t9-,15+/m0/s1. The third-order valence-corrected chi connectivity index (χ3v) is 3.90. The van der Waals surface area contributed by atoms with Crippen LogP contribution in [0.15, 0.2) is 24.0 Å². The van der Waals surface area contributed by atoms with E-state index in [1.807, 2.05) is 13.8 Å². The number of esters is 1. The zero-order valence-corrected chi connectivity index (χ0v) is 11.6. The molecule has 5 heteroatoms. The minimum absolute atomic E-state index is 0.0871. The van der Waals surface area contributed by atoms with Crippen LogP contribution in [0.4, 0.5) is 0 Å². The molecule has 0 aliphatic carbocycles. The van der Waals surface area contributed by atoms with Crippen LogP contribution in [-0.2, 0) is 20.7 Å². The van der Waals surface area contributed by atoms with Gasteiger partial charge >= 0.3 is 11.8 Å². The minimum Gasteiger partial charge on any atom is -0.508 e. The van der Waals surface area contributed by atoms with Crippen molar-refractivity contribution in [2.45, 2.75) is 26.1 Å². The first-order chi connectivity index (χ1) is 9.46. The Bertz CT molecular complexity index is 619. The maximum atomic E-state index is 11.6. The maximum absolute atomic E-state index is 11.6.